The second-order valence-electron chi connectivity index (χ2n) is 3.42. The van der Waals surface area contributed by atoms with Gasteiger partial charge in [0.05, 0.1) is 30.7 Å². The summed E-state index contributed by atoms with van der Waals surface area (Å²) < 4.78 is 3.23. The maximum atomic E-state index is 10.4. The van der Waals surface area contributed by atoms with Gasteiger partial charge in [0.15, 0.2) is 0 Å². The van der Waals surface area contributed by atoms with Crippen molar-refractivity contribution in [3.05, 3.63) is 24.3 Å². The Balaban J connectivity index is 2.10. The zero-order valence-electron chi connectivity index (χ0n) is 8.74. The largest absolute Gasteiger partial charge is 0.481 e. The lowest BCUT2D eigenvalue weighted by molar-refractivity contribution is -0.136. The molecule has 16 heavy (non-hydrogen) atoms. The van der Waals surface area contributed by atoms with E-state index >= 15 is 0 Å². The van der Waals surface area contributed by atoms with Crippen LogP contribution in [0.25, 0.3) is 5.69 Å². The van der Waals surface area contributed by atoms with E-state index in [1.807, 2.05) is 7.05 Å². The van der Waals surface area contributed by atoms with Crippen molar-refractivity contribution in [1.82, 2.24) is 24.8 Å². The number of nitrogens with zero attached hydrogens (tertiary/aromatic N) is 5. The Bertz CT molecular complexity index is 501. The minimum atomic E-state index is -0.837. The Morgan fingerprint density at radius 1 is 1.50 bits per heavy atom. The minimum absolute atomic E-state index is 0.0612. The van der Waals surface area contributed by atoms with Gasteiger partial charge in [-0.25, -0.2) is 4.68 Å². The van der Waals surface area contributed by atoms with Crippen molar-refractivity contribution in [2.45, 2.75) is 12.8 Å². The van der Waals surface area contributed by atoms with Gasteiger partial charge in [0.1, 0.15) is 5.69 Å². The summed E-state index contributed by atoms with van der Waals surface area (Å²) >= 11 is 0. The molecule has 7 nitrogen and oxygen atoms in total. The van der Waals surface area contributed by atoms with Crippen LogP contribution in [0.1, 0.15) is 12.1 Å². The molecule has 0 aliphatic heterocycles. The van der Waals surface area contributed by atoms with Gasteiger partial charge in [-0.15, -0.1) is 5.10 Å². The molecule has 2 aromatic rings. The van der Waals surface area contributed by atoms with Crippen molar-refractivity contribution < 1.29 is 9.90 Å². The molecule has 0 aromatic carbocycles. The molecule has 2 aromatic heterocycles. The van der Waals surface area contributed by atoms with E-state index in [1.54, 1.807) is 28.0 Å². The number of aryl methyl sites for hydroxylation is 2. The molecule has 0 spiro atoms. The first-order valence-electron chi connectivity index (χ1n) is 4.77. The summed E-state index contributed by atoms with van der Waals surface area (Å²) in [5.74, 6) is -0.837. The van der Waals surface area contributed by atoms with Crippen molar-refractivity contribution >= 4 is 5.97 Å². The van der Waals surface area contributed by atoms with Gasteiger partial charge in [-0.2, -0.15) is 5.10 Å². The summed E-state index contributed by atoms with van der Waals surface area (Å²) in [4.78, 5) is 10.4. The Kier molecular flexibility index (Phi) is 2.67. The normalized spacial score (nSPS) is 10.6. The predicted molar refractivity (Wildman–Crippen MR) is 54.1 cm³/mol. The van der Waals surface area contributed by atoms with Crippen LogP contribution in [0.5, 0.6) is 0 Å². The van der Waals surface area contributed by atoms with Crippen LogP contribution in [-0.4, -0.2) is 35.9 Å². The summed E-state index contributed by atoms with van der Waals surface area (Å²) in [6.07, 6.45) is 5.62. The third-order valence-corrected chi connectivity index (χ3v) is 2.09. The molecule has 0 aliphatic rings. The monoisotopic (exact) mass is 221 g/mol. The highest BCUT2D eigenvalue weighted by Crippen LogP contribution is 2.05. The molecule has 0 fully saturated rings. The van der Waals surface area contributed by atoms with Crippen LogP contribution in [0.4, 0.5) is 0 Å². The van der Waals surface area contributed by atoms with Gasteiger partial charge in [0.25, 0.3) is 0 Å². The number of aliphatic carboxylic acids is 1. The van der Waals surface area contributed by atoms with Crippen molar-refractivity contribution in [2.24, 2.45) is 7.05 Å². The van der Waals surface area contributed by atoms with E-state index in [0.29, 0.717) is 12.1 Å². The number of hydrogen-bond donors (Lipinski definition) is 1. The fourth-order valence-corrected chi connectivity index (χ4v) is 1.30. The fourth-order valence-electron chi connectivity index (χ4n) is 1.30. The molecule has 1 N–H and O–H groups in total. The Labute approximate surface area is 91.3 Å². The van der Waals surface area contributed by atoms with Crippen LogP contribution in [-0.2, 0) is 18.3 Å². The predicted octanol–water partition coefficient (Wildman–Crippen LogP) is 0.0180. The third-order valence-electron chi connectivity index (χ3n) is 2.09. The van der Waals surface area contributed by atoms with Crippen molar-refractivity contribution in [1.29, 1.82) is 0 Å². The standard InChI is InChI=1S/C9H11N5O2/c1-13-6-8(4-10-13)14-5-7(11-12-14)2-3-9(15)16/h4-6H,2-3H2,1H3,(H,15,16). The van der Waals surface area contributed by atoms with Crippen LogP contribution in [0.15, 0.2) is 18.6 Å². The summed E-state index contributed by atoms with van der Waals surface area (Å²) in [5, 5.41) is 20.3. The SMILES string of the molecule is Cn1cc(-n2cc(CCC(=O)O)nn2)cn1. The summed E-state index contributed by atoms with van der Waals surface area (Å²) in [7, 11) is 1.81. The molecular weight excluding hydrogens is 210 g/mol. The molecule has 0 saturated heterocycles. The molecule has 2 rings (SSSR count). The van der Waals surface area contributed by atoms with Crippen molar-refractivity contribution in [3.63, 3.8) is 0 Å². The lowest BCUT2D eigenvalue weighted by Crippen LogP contribution is -1.97. The van der Waals surface area contributed by atoms with E-state index in [-0.39, 0.29) is 6.42 Å². The highest BCUT2D eigenvalue weighted by molar-refractivity contribution is 5.66. The van der Waals surface area contributed by atoms with Crippen LogP contribution in [0.3, 0.4) is 0 Å². The fraction of sp³-hybridized carbons (Fsp3) is 0.333. The first-order valence-corrected chi connectivity index (χ1v) is 4.77. The minimum Gasteiger partial charge on any atom is -0.481 e. The van der Waals surface area contributed by atoms with Crippen molar-refractivity contribution in [3.8, 4) is 5.69 Å². The first-order chi connectivity index (χ1) is 7.65. The van der Waals surface area contributed by atoms with Gasteiger partial charge < -0.3 is 5.11 Å². The zero-order valence-corrected chi connectivity index (χ0v) is 8.74. The Hall–Kier alpha value is -2.18. The molecule has 0 atom stereocenters. The van der Waals surface area contributed by atoms with Crippen molar-refractivity contribution in [2.75, 3.05) is 0 Å². The van der Waals surface area contributed by atoms with E-state index in [4.69, 9.17) is 5.11 Å². The summed E-state index contributed by atoms with van der Waals surface area (Å²) in [6, 6.07) is 0. The third kappa shape index (κ3) is 2.25. The molecule has 0 saturated carbocycles. The van der Waals surface area contributed by atoms with Crippen LogP contribution in [0.2, 0.25) is 0 Å². The number of carboxylic acids is 1. The van der Waals surface area contributed by atoms with Crippen LogP contribution in [0, 0.1) is 0 Å². The highest BCUT2D eigenvalue weighted by atomic mass is 16.4. The first kappa shape index (κ1) is 10.3. The quantitative estimate of drug-likeness (QED) is 0.786. The summed E-state index contributed by atoms with van der Waals surface area (Å²) in [6.45, 7) is 0. The second-order valence-corrected chi connectivity index (χ2v) is 3.42. The van der Waals surface area contributed by atoms with E-state index in [2.05, 4.69) is 15.4 Å². The van der Waals surface area contributed by atoms with E-state index in [1.165, 1.54) is 0 Å². The maximum Gasteiger partial charge on any atom is 0.303 e. The van der Waals surface area contributed by atoms with E-state index in [9.17, 15) is 4.79 Å². The lowest BCUT2D eigenvalue weighted by atomic mass is 10.2. The van der Waals surface area contributed by atoms with Crippen LogP contribution < -0.4 is 0 Å². The van der Waals surface area contributed by atoms with E-state index in [0.717, 1.165) is 5.69 Å². The van der Waals surface area contributed by atoms with Gasteiger partial charge in [-0.3, -0.25) is 9.48 Å². The molecular formula is C9H11N5O2. The molecule has 0 aliphatic carbocycles. The molecule has 0 unspecified atom stereocenters. The summed E-state index contributed by atoms with van der Waals surface area (Å²) in [5.41, 5.74) is 1.46. The molecule has 0 bridgehead atoms. The number of carbonyl (C=O) groups is 1. The topological polar surface area (TPSA) is 85.8 Å². The maximum absolute atomic E-state index is 10.4. The number of hydrogen-bond acceptors (Lipinski definition) is 4. The van der Waals surface area contributed by atoms with Crippen LogP contribution >= 0.6 is 0 Å². The number of rotatable bonds is 4. The van der Waals surface area contributed by atoms with Gasteiger partial charge in [-0.1, -0.05) is 5.21 Å². The lowest BCUT2D eigenvalue weighted by Gasteiger charge is -1.91. The molecule has 2 heterocycles. The van der Waals surface area contributed by atoms with Gasteiger partial charge in [0, 0.05) is 13.5 Å². The molecule has 0 radical (unpaired) electrons. The number of aromatic nitrogens is 5. The smallest absolute Gasteiger partial charge is 0.303 e. The van der Waals surface area contributed by atoms with Gasteiger partial charge in [0.2, 0.25) is 0 Å². The number of carboxylic acid groups (broad SMARTS) is 1. The highest BCUT2D eigenvalue weighted by Gasteiger charge is 2.06. The molecule has 84 valence electrons. The average molecular weight is 221 g/mol. The average Bonchev–Trinajstić information content (AvgIpc) is 2.83. The zero-order chi connectivity index (χ0) is 11.5. The Morgan fingerprint density at radius 3 is 2.94 bits per heavy atom. The second kappa shape index (κ2) is 4.13. The molecule has 7 heteroatoms. The van der Waals surface area contributed by atoms with E-state index < -0.39 is 5.97 Å². The van der Waals surface area contributed by atoms with Gasteiger partial charge >= 0.3 is 5.97 Å². The Morgan fingerprint density at radius 2 is 2.31 bits per heavy atom. The van der Waals surface area contributed by atoms with Gasteiger partial charge in [-0.05, 0) is 0 Å². The molecule has 0 amide bonds.